The first-order valence-electron chi connectivity index (χ1n) is 4.46. The maximum atomic E-state index is 5.35. The summed E-state index contributed by atoms with van der Waals surface area (Å²) in [6.07, 6.45) is 10.7. The molecule has 4 unspecified atom stereocenters. The summed E-state index contributed by atoms with van der Waals surface area (Å²) in [6, 6.07) is 0. The molecule has 66 valence electrons. The van der Waals surface area contributed by atoms with Crippen LogP contribution in [-0.4, -0.2) is 0 Å². The normalized spacial score (nSPS) is 19.8. The first-order valence-corrected chi connectivity index (χ1v) is 4.46. The molecule has 0 N–H and O–H groups in total. The third-order valence-corrected chi connectivity index (χ3v) is 2.93. The van der Waals surface area contributed by atoms with E-state index >= 15 is 0 Å². The third kappa shape index (κ3) is 2.63. The van der Waals surface area contributed by atoms with E-state index in [4.69, 9.17) is 12.8 Å². The first kappa shape index (κ1) is 11.1. The van der Waals surface area contributed by atoms with Crippen LogP contribution in [0, 0.1) is 48.4 Å². The molecule has 0 heterocycles. The van der Waals surface area contributed by atoms with Crippen LogP contribution in [0.1, 0.15) is 27.7 Å². The fraction of sp³-hybridized carbons (Fsp3) is 0.667. The maximum Gasteiger partial charge on any atom is 0.0200 e. The summed E-state index contributed by atoms with van der Waals surface area (Å²) in [5, 5.41) is 0. The van der Waals surface area contributed by atoms with Gasteiger partial charge in [-0.2, -0.15) is 0 Å². The molecule has 12 heavy (non-hydrogen) atoms. The van der Waals surface area contributed by atoms with E-state index in [1.807, 2.05) is 0 Å². The van der Waals surface area contributed by atoms with Crippen LogP contribution in [0.15, 0.2) is 0 Å². The van der Waals surface area contributed by atoms with Gasteiger partial charge in [0.25, 0.3) is 0 Å². The number of hydrogen-bond acceptors (Lipinski definition) is 0. The molecule has 0 radical (unpaired) electrons. The predicted molar refractivity (Wildman–Crippen MR) is 54.3 cm³/mol. The average molecular weight is 162 g/mol. The smallest absolute Gasteiger partial charge is 0.0200 e. The van der Waals surface area contributed by atoms with Crippen molar-refractivity contribution in [3.8, 4) is 24.7 Å². The molecule has 4 atom stereocenters. The average Bonchev–Trinajstić information content (AvgIpc) is 2.12. The van der Waals surface area contributed by atoms with Gasteiger partial charge in [-0.1, -0.05) is 27.7 Å². The largest absolute Gasteiger partial charge is 0.120 e. The highest BCUT2D eigenvalue weighted by atomic mass is 14.2. The Hall–Kier alpha value is -0.880. The van der Waals surface area contributed by atoms with Crippen LogP contribution in [-0.2, 0) is 0 Å². The Bertz CT molecular complexity index is 177. The number of terminal acetylenes is 2. The first-order chi connectivity index (χ1) is 5.54. The number of rotatable bonds is 3. The van der Waals surface area contributed by atoms with Crippen LogP contribution in [0.25, 0.3) is 0 Å². The lowest BCUT2D eigenvalue weighted by Crippen LogP contribution is -2.20. The molecule has 0 aliphatic heterocycles. The van der Waals surface area contributed by atoms with E-state index in [1.165, 1.54) is 0 Å². The van der Waals surface area contributed by atoms with Gasteiger partial charge >= 0.3 is 0 Å². The van der Waals surface area contributed by atoms with Crippen molar-refractivity contribution in [1.29, 1.82) is 0 Å². The van der Waals surface area contributed by atoms with Gasteiger partial charge < -0.3 is 0 Å². The lowest BCUT2D eigenvalue weighted by molar-refractivity contribution is 0.280. The molecule has 0 saturated heterocycles. The summed E-state index contributed by atoms with van der Waals surface area (Å²) in [5.74, 6) is 7.14. The van der Waals surface area contributed by atoms with Gasteiger partial charge in [0.2, 0.25) is 0 Å². The Balaban J connectivity index is 4.22. The van der Waals surface area contributed by atoms with Crippen molar-refractivity contribution in [3.05, 3.63) is 0 Å². The predicted octanol–water partition coefficient (Wildman–Crippen LogP) is 2.80. The Morgan fingerprint density at radius 3 is 1.17 bits per heavy atom. The quantitative estimate of drug-likeness (QED) is 0.560. The van der Waals surface area contributed by atoms with Crippen LogP contribution in [0.2, 0.25) is 0 Å². The van der Waals surface area contributed by atoms with Crippen molar-refractivity contribution >= 4 is 0 Å². The minimum atomic E-state index is 0.316. The fourth-order valence-electron chi connectivity index (χ4n) is 1.21. The van der Waals surface area contributed by atoms with Crippen LogP contribution < -0.4 is 0 Å². The van der Waals surface area contributed by atoms with E-state index < -0.39 is 0 Å². The molecule has 0 rings (SSSR count). The molecule has 0 spiro atoms. The van der Waals surface area contributed by atoms with Crippen LogP contribution in [0.3, 0.4) is 0 Å². The highest BCUT2D eigenvalue weighted by molar-refractivity contribution is 4.99. The zero-order valence-electron chi connectivity index (χ0n) is 8.46. The van der Waals surface area contributed by atoms with Crippen molar-refractivity contribution in [2.24, 2.45) is 23.7 Å². The van der Waals surface area contributed by atoms with Gasteiger partial charge in [-0.05, 0) is 11.8 Å². The molecule has 0 nitrogen and oxygen atoms in total. The second-order valence-corrected chi connectivity index (χ2v) is 3.63. The Labute approximate surface area is 76.8 Å². The summed E-state index contributed by atoms with van der Waals surface area (Å²) in [7, 11) is 0. The van der Waals surface area contributed by atoms with Gasteiger partial charge in [-0.15, -0.1) is 24.7 Å². The Kier molecular flexibility index (Phi) is 4.53. The van der Waals surface area contributed by atoms with Gasteiger partial charge in [-0.3, -0.25) is 0 Å². The van der Waals surface area contributed by atoms with Crippen molar-refractivity contribution in [2.75, 3.05) is 0 Å². The highest BCUT2D eigenvalue weighted by Crippen LogP contribution is 2.25. The molecule has 0 aliphatic carbocycles. The lowest BCUT2D eigenvalue weighted by atomic mass is 9.79. The molecule has 0 aromatic heterocycles. The molecule has 0 saturated carbocycles. The zero-order chi connectivity index (χ0) is 9.72. The molecule has 0 bridgehead atoms. The van der Waals surface area contributed by atoms with Crippen LogP contribution >= 0.6 is 0 Å². The molecule has 0 fully saturated rings. The minimum Gasteiger partial charge on any atom is -0.120 e. The SMILES string of the molecule is C#CC(C)C(C)C(C)C(C)C#C. The standard InChI is InChI=1S/C12H18/c1-7-9(3)11(5)12(6)10(4)8-2/h1-2,9-12H,3-6H3. The number of hydrogen-bond donors (Lipinski definition) is 0. The summed E-state index contributed by atoms with van der Waals surface area (Å²) in [6.45, 7) is 8.49. The summed E-state index contributed by atoms with van der Waals surface area (Å²) >= 11 is 0. The van der Waals surface area contributed by atoms with Crippen molar-refractivity contribution in [3.63, 3.8) is 0 Å². The molecule has 0 aromatic rings. The molecule has 0 aliphatic rings. The molecule has 0 heteroatoms. The van der Waals surface area contributed by atoms with E-state index in [2.05, 4.69) is 39.5 Å². The van der Waals surface area contributed by atoms with E-state index in [0.717, 1.165) is 0 Å². The van der Waals surface area contributed by atoms with Gasteiger partial charge in [0.15, 0.2) is 0 Å². The van der Waals surface area contributed by atoms with Crippen LogP contribution in [0.5, 0.6) is 0 Å². The Morgan fingerprint density at radius 2 is 1.00 bits per heavy atom. The van der Waals surface area contributed by atoms with Crippen LogP contribution in [0.4, 0.5) is 0 Å². The topological polar surface area (TPSA) is 0 Å². The van der Waals surface area contributed by atoms with Gasteiger partial charge in [0.1, 0.15) is 0 Å². The summed E-state index contributed by atoms with van der Waals surface area (Å²) < 4.78 is 0. The van der Waals surface area contributed by atoms with Crippen molar-refractivity contribution in [1.82, 2.24) is 0 Å². The van der Waals surface area contributed by atoms with Gasteiger partial charge in [0.05, 0.1) is 0 Å². The second-order valence-electron chi connectivity index (χ2n) is 3.63. The highest BCUT2D eigenvalue weighted by Gasteiger charge is 2.21. The van der Waals surface area contributed by atoms with E-state index in [-0.39, 0.29) is 0 Å². The summed E-state index contributed by atoms with van der Waals surface area (Å²) in [5.41, 5.74) is 0. The lowest BCUT2D eigenvalue weighted by Gasteiger charge is -2.25. The fourth-order valence-corrected chi connectivity index (χ4v) is 1.21. The summed E-state index contributed by atoms with van der Waals surface area (Å²) in [4.78, 5) is 0. The maximum absolute atomic E-state index is 5.35. The van der Waals surface area contributed by atoms with Crippen molar-refractivity contribution < 1.29 is 0 Å². The third-order valence-electron chi connectivity index (χ3n) is 2.93. The van der Waals surface area contributed by atoms with E-state index in [9.17, 15) is 0 Å². The molecular weight excluding hydrogens is 144 g/mol. The zero-order valence-corrected chi connectivity index (χ0v) is 8.46. The van der Waals surface area contributed by atoms with E-state index in [0.29, 0.717) is 23.7 Å². The monoisotopic (exact) mass is 162 g/mol. The molecule has 0 amide bonds. The molecular formula is C12H18. The van der Waals surface area contributed by atoms with Gasteiger partial charge in [0, 0.05) is 11.8 Å². The Morgan fingerprint density at radius 1 is 0.750 bits per heavy atom. The van der Waals surface area contributed by atoms with E-state index in [1.54, 1.807) is 0 Å². The second kappa shape index (κ2) is 4.89. The van der Waals surface area contributed by atoms with Gasteiger partial charge in [-0.25, -0.2) is 0 Å². The molecule has 0 aromatic carbocycles. The van der Waals surface area contributed by atoms with Crippen molar-refractivity contribution in [2.45, 2.75) is 27.7 Å². The minimum absolute atomic E-state index is 0.316.